The van der Waals surface area contributed by atoms with E-state index in [0.29, 0.717) is 5.69 Å². The van der Waals surface area contributed by atoms with Gasteiger partial charge in [-0.2, -0.15) is 15.5 Å². The fourth-order valence-electron chi connectivity index (χ4n) is 1.47. The number of nitriles is 1. The number of anilines is 1. The summed E-state index contributed by atoms with van der Waals surface area (Å²) in [4.78, 5) is 12.0. The second-order valence-electron chi connectivity index (χ2n) is 3.93. The van der Waals surface area contributed by atoms with Gasteiger partial charge in [-0.05, 0) is 19.4 Å². The topological polar surface area (TPSA) is 99.4 Å². The van der Waals surface area contributed by atoms with E-state index in [0.717, 1.165) is 5.56 Å². The van der Waals surface area contributed by atoms with Gasteiger partial charge in [0.2, 0.25) is 5.91 Å². The monoisotopic (exact) mass is 244 g/mol. The highest BCUT2D eigenvalue weighted by Crippen LogP contribution is 2.13. The lowest BCUT2D eigenvalue weighted by molar-refractivity contribution is -0.119. The third-order valence-electron chi connectivity index (χ3n) is 2.52. The van der Waals surface area contributed by atoms with Crippen molar-refractivity contribution in [2.24, 2.45) is 0 Å². The molecular weight excluding hydrogens is 232 g/mol. The van der Waals surface area contributed by atoms with Crippen LogP contribution in [0.4, 0.5) is 5.69 Å². The first-order valence-electron chi connectivity index (χ1n) is 5.37. The van der Waals surface area contributed by atoms with Gasteiger partial charge in [-0.1, -0.05) is 0 Å². The third-order valence-corrected chi connectivity index (χ3v) is 2.52. The molecule has 0 aliphatic carbocycles. The van der Waals surface area contributed by atoms with Gasteiger partial charge < -0.3 is 5.32 Å². The Morgan fingerprint density at radius 3 is 3.00 bits per heavy atom. The maximum absolute atomic E-state index is 12.0. The average Bonchev–Trinajstić information content (AvgIpc) is 2.96. The number of H-pyrrole nitrogens is 1. The number of carbonyl (C=O) groups excluding carboxylic acids is 1. The van der Waals surface area contributed by atoms with Crippen LogP contribution in [0.1, 0.15) is 24.2 Å². The molecule has 0 aliphatic rings. The van der Waals surface area contributed by atoms with E-state index in [1.807, 2.05) is 13.0 Å². The Bertz CT molecular complexity index is 605. The lowest BCUT2D eigenvalue weighted by Crippen LogP contribution is -2.24. The van der Waals surface area contributed by atoms with E-state index in [1.165, 1.54) is 6.20 Å². The quantitative estimate of drug-likeness (QED) is 0.840. The first-order chi connectivity index (χ1) is 8.61. The second-order valence-corrected chi connectivity index (χ2v) is 3.93. The Morgan fingerprint density at radius 1 is 1.61 bits per heavy atom. The zero-order chi connectivity index (χ0) is 13.1. The number of hydrogen-bond donors (Lipinski definition) is 2. The van der Waals surface area contributed by atoms with Gasteiger partial charge in [0.15, 0.2) is 5.69 Å². The molecule has 18 heavy (non-hydrogen) atoms. The normalized spacial score (nSPS) is 11.8. The maximum atomic E-state index is 12.0. The lowest BCUT2D eigenvalue weighted by atomic mass is 10.3. The molecule has 2 aromatic heterocycles. The number of nitrogens with one attached hydrogen (secondary N) is 2. The summed E-state index contributed by atoms with van der Waals surface area (Å²) >= 11 is 0. The molecule has 2 aromatic rings. The van der Waals surface area contributed by atoms with Gasteiger partial charge in [-0.3, -0.25) is 14.6 Å². The van der Waals surface area contributed by atoms with Crippen LogP contribution < -0.4 is 5.32 Å². The molecule has 0 fully saturated rings. The maximum Gasteiger partial charge on any atom is 0.249 e. The number of rotatable bonds is 3. The van der Waals surface area contributed by atoms with Crippen LogP contribution in [0.2, 0.25) is 0 Å². The number of aromatic nitrogens is 4. The molecule has 1 unspecified atom stereocenters. The Hall–Kier alpha value is -2.62. The zero-order valence-electron chi connectivity index (χ0n) is 10.0. The summed E-state index contributed by atoms with van der Waals surface area (Å²) in [5.74, 6) is -0.254. The number of aromatic amines is 1. The highest BCUT2D eigenvalue weighted by molar-refractivity contribution is 5.94. The molecule has 0 saturated carbocycles. The number of carbonyl (C=O) groups is 1. The highest BCUT2D eigenvalue weighted by atomic mass is 16.2. The largest absolute Gasteiger partial charge is 0.320 e. The van der Waals surface area contributed by atoms with Crippen molar-refractivity contribution in [2.75, 3.05) is 5.32 Å². The molecule has 2 rings (SSSR count). The summed E-state index contributed by atoms with van der Waals surface area (Å²) in [5.41, 5.74) is 1.58. The molecule has 1 atom stereocenters. The van der Waals surface area contributed by atoms with Crippen molar-refractivity contribution in [3.63, 3.8) is 0 Å². The van der Waals surface area contributed by atoms with Crippen LogP contribution in [0.5, 0.6) is 0 Å². The summed E-state index contributed by atoms with van der Waals surface area (Å²) in [7, 11) is 0. The van der Waals surface area contributed by atoms with Gasteiger partial charge in [0, 0.05) is 6.20 Å². The molecule has 92 valence electrons. The zero-order valence-corrected chi connectivity index (χ0v) is 10.0. The summed E-state index contributed by atoms with van der Waals surface area (Å²) in [6.45, 7) is 3.63. The first kappa shape index (κ1) is 11.9. The van der Waals surface area contributed by atoms with Crippen LogP contribution in [0.15, 0.2) is 18.6 Å². The van der Waals surface area contributed by atoms with Gasteiger partial charge in [0.25, 0.3) is 0 Å². The van der Waals surface area contributed by atoms with E-state index in [2.05, 4.69) is 20.6 Å². The van der Waals surface area contributed by atoms with Gasteiger partial charge in [0.1, 0.15) is 12.1 Å². The molecule has 0 spiro atoms. The Morgan fingerprint density at radius 2 is 2.39 bits per heavy atom. The van der Waals surface area contributed by atoms with Gasteiger partial charge >= 0.3 is 0 Å². The minimum atomic E-state index is -0.458. The summed E-state index contributed by atoms with van der Waals surface area (Å²) < 4.78 is 1.57. The number of nitrogens with zero attached hydrogens (tertiary/aromatic N) is 4. The third kappa shape index (κ3) is 2.22. The second kappa shape index (κ2) is 4.71. The fraction of sp³-hybridized carbons (Fsp3) is 0.273. The standard InChI is InChI=1S/C11H12N6O/c1-7-4-14-17(6-7)8(2)11(18)15-10-5-13-16-9(10)3-12/h4-6,8H,1-2H3,(H,13,16)(H,15,18). The van der Waals surface area contributed by atoms with E-state index in [4.69, 9.17) is 5.26 Å². The van der Waals surface area contributed by atoms with E-state index < -0.39 is 6.04 Å². The van der Waals surface area contributed by atoms with Crippen molar-refractivity contribution in [1.29, 1.82) is 5.26 Å². The Kier molecular flexibility index (Phi) is 3.10. The summed E-state index contributed by atoms with van der Waals surface area (Å²) in [5, 5.41) is 21.7. The van der Waals surface area contributed by atoms with Crippen molar-refractivity contribution >= 4 is 11.6 Å². The number of aryl methyl sites for hydroxylation is 1. The summed E-state index contributed by atoms with van der Waals surface area (Å²) in [6.07, 6.45) is 4.87. The lowest BCUT2D eigenvalue weighted by Gasteiger charge is -2.11. The predicted molar refractivity (Wildman–Crippen MR) is 63.6 cm³/mol. The van der Waals surface area contributed by atoms with Crippen LogP contribution in [0.3, 0.4) is 0 Å². The Labute approximate surface area is 103 Å². The van der Waals surface area contributed by atoms with Crippen molar-refractivity contribution in [2.45, 2.75) is 19.9 Å². The predicted octanol–water partition coefficient (Wildman–Crippen LogP) is 0.986. The summed E-state index contributed by atoms with van der Waals surface area (Å²) in [6, 6.07) is 1.45. The van der Waals surface area contributed by atoms with Crippen LogP contribution in [0.25, 0.3) is 0 Å². The van der Waals surface area contributed by atoms with Crippen LogP contribution in [-0.4, -0.2) is 25.9 Å². The van der Waals surface area contributed by atoms with Gasteiger partial charge in [-0.15, -0.1) is 0 Å². The van der Waals surface area contributed by atoms with Crippen LogP contribution in [0, 0.1) is 18.3 Å². The molecule has 7 heteroatoms. The molecule has 2 heterocycles. The molecule has 2 N–H and O–H groups in total. The van der Waals surface area contributed by atoms with Crippen molar-refractivity contribution in [3.8, 4) is 6.07 Å². The van der Waals surface area contributed by atoms with Gasteiger partial charge in [-0.25, -0.2) is 0 Å². The molecular formula is C11H12N6O. The first-order valence-corrected chi connectivity index (χ1v) is 5.37. The van der Waals surface area contributed by atoms with Crippen molar-refractivity contribution < 1.29 is 4.79 Å². The van der Waals surface area contributed by atoms with Crippen molar-refractivity contribution in [1.82, 2.24) is 20.0 Å². The molecule has 0 aliphatic heterocycles. The molecule has 0 aromatic carbocycles. The van der Waals surface area contributed by atoms with E-state index in [-0.39, 0.29) is 11.6 Å². The van der Waals surface area contributed by atoms with E-state index in [9.17, 15) is 4.79 Å². The highest BCUT2D eigenvalue weighted by Gasteiger charge is 2.17. The van der Waals surface area contributed by atoms with Crippen molar-refractivity contribution in [3.05, 3.63) is 29.8 Å². The van der Waals surface area contributed by atoms with Crippen LogP contribution >= 0.6 is 0 Å². The van der Waals surface area contributed by atoms with E-state index >= 15 is 0 Å². The minimum Gasteiger partial charge on any atom is -0.320 e. The Balaban J connectivity index is 2.11. The molecule has 1 amide bonds. The average molecular weight is 244 g/mol. The number of amides is 1. The minimum absolute atomic E-state index is 0.229. The van der Waals surface area contributed by atoms with E-state index in [1.54, 1.807) is 24.0 Å². The SMILES string of the molecule is Cc1cnn(C(C)C(=O)Nc2cn[nH]c2C#N)c1. The smallest absolute Gasteiger partial charge is 0.249 e. The fourth-order valence-corrected chi connectivity index (χ4v) is 1.47. The number of hydrogen-bond acceptors (Lipinski definition) is 4. The van der Waals surface area contributed by atoms with Crippen LogP contribution in [-0.2, 0) is 4.79 Å². The molecule has 7 nitrogen and oxygen atoms in total. The molecule has 0 saturated heterocycles. The van der Waals surface area contributed by atoms with Gasteiger partial charge in [0.05, 0.1) is 18.1 Å². The molecule has 0 bridgehead atoms. The molecule has 0 radical (unpaired) electrons.